The molecule has 0 N–H and O–H groups in total. The molecule has 0 radical (unpaired) electrons. The molecule has 0 unspecified atom stereocenters. The summed E-state index contributed by atoms with van der Waals surface area (Å²) >= 11 is 12.4. The number of benzene rings is 1. The van der Waals surface area contributed by atoms with E-state index in [4.69, 9.17) is 32.7 Å². The van der Waals surface area contributed by atoms with E-state index in [0.717, 1.165) is 51.0 Å². The smallest absolute Gasteiger partial charge is 0.168 e. The summed E-state index contributed by atoms with van der Waals surface area (Å²) < 4.78 is 11.6. The topological polar surface area (TPSA) is 21.7 Å². The first-order chi connectivity index (χ1) is 10.1. The predicted octanol–water partition coefficient (Wildman–Crippen LogP) is 4.11. The van der Waals surface area contributed by atoms with E-state index in [-0.39, 0.29) is 5.79 Å². The van der Waals surface area contributed by atoms with Crippen LogP contribution in [0.1, 0.15) is 31.2 Å². The SMILES string of the molecule is CN(Cc1cccc(Cl)c1Cl)C1CCC2(CC1)OCCO2. The van der Waals surface area contributed by atoms with Gasteiger partial charge in [0.2, 0.25) is 0 Å². The minimum absolute atomic E-state index is 0.287. The quantitative estimate of drug-likeness (QED) is 0.832. The molecule has 1 saturated carbocycles. The molecule has 1 aromatic rings. The van der Waals surface area contributed by atoms with Crippen LogP contribution in [0.25, 0.3) is 0 Å². The van der Waals surface area contributed by atoms with E-state index in [1.807, 2.05) is 18.2 Å². The third kappa shape index (κ3) is 3.38. The van der Waals surface area contributed by atoms with E-state index in [9.17, 15) is 0 Å². The molecule has 1 heterocycles. The van der Waals surface area contributed by atoms with Crippen LogP contribution in [0.5, 0.6) is 0 Å². The van der Waals surface area contributed by atoms with Crippen molar-refractivity contribution in [2.75, 3.05) is 20.3 Å². The Labute approximate surface area is 136 Å². The molecule has 5 heteroatoms. The molecule has 0 amide bonds. The van der Waals surface area contributed by atoms with Crippen LogP contribution in [0, 0.1) is 0 Å². The summed E-state index contributed by atoms with van der Waals surface area (Å²) in [5.41, 5.74) is 1.08. The van der Waals surface area contributed by atoms with Gasteiger partial charge < -0.3 is 9.47 Å². The number of halogens is 2. The van der Waals surface area contributed by atoms with Gasteiger partial charge in [-0.1, -0.05) is 35.3 Å². The Morgan fingerprint density at radius 3 is 2.52 bits per heavy atom. The molecule has 0 aromatic heterocycles. The normalized spacial score (nSPS) is 22.3. The Balaban J connectivity index is 1.59. The summed E-state index contributed by atoms with van der Waals surface area (Å²) in [5, 5.41) is 1.29. The Morgan fingerprint density at radius 2 is 1.86 bits per heavy atom. The molecule has 1 spiro atoms. The van der Waals surface area contributed by atoms with E-state index >= 15 is 0 Å². The lowest BCUT2D eigenvalue weighted by Crippen LogP contribution is -2.42. The molecule has 2 aliphatic rings. The van der Waals surface area contributed by atoms with Crippen molar-refractivity contribution in [3.8, 4) is 0 Å². The fourth-order valence-corrected chi connectivity index (χ4v) is 3.72. The highest BCUT2D eigenvalue weighted by atomic mass is 35.5. The van der Waals surface area contributed by atoms with Gasteiger partial charge in [0.05, 0.1) is 23.3 Å². The first-order valence-electron chi connectivity index (χ1n) is 7.51. The number of hydrogen-bond acceptors (Lipinski definition) is 3. The van der Waals surface area contributed by atoms with Gasteiger partial charge in [-0.15, -0.1) is 0 Å². The molecule has 0 bridgehead atoms. The van der Waals surface area contributed by atoms with E-state index in [0.29, 0.717) is 16.1 Å². The average Bonchev–Trinajstić information content (AvgIpc) is 2.93. The zero-order valence-corrected chi connectivity index (χ0v) is 13.8. The molecule has 3 nitrogen and oxygen atoms in total. The van der Waals surface area contributed by atoms with Gasteiger partial charge in [0.15, 0.2) is 5.79 Å². The number of rotatable bonds is 3. The highest BCUT2D eigenvalue weighted by Gasteiger charge is 2.41. The molecular formula is C16H21Cl2NO2. The molecule has 0 atom stereocenters. The van der Waals surface area contributed by atoms with Crippen molar-refractivity contribution in [3.63, 3.8) is 0 Å². The lowest BCUT2D eigenvalue weighted by atomic mass is 9.89. The summed E-state index contributed by atoms with van der Waals surface area (Å²) in [6.45, 7) is 2.29. The predicted molar refractivity (Wildman–Crippen MR) is 84.8 cm³/mol. The van der Waals surface area contributed by atoms with Crippen molar-refractivity contribution in [1.29, 1.82) is 0 Å². The molecular weight excluding hydrogens is 309 g/mol. The molecule has 2 fully saturated rings. The van der Waals surface area contributed by atoms with Crippen LogP contribution in [-0.2, 0) is 16.0 Å². The second-order valence-corrected chi connectivity index (χ2v) is 6.75. The summed E-state index contributed by atoms with van der Waals surface area (Å²) in [6.07, 6.45) is 4.14. The number of nitrogens with zero attached hydrogens (tertiary/aromatic N) is 1. The molecule has 3 rings (SSSR count). The van der Waals surface area contributed by atoms with Gasteiger partial charge in [-0.25, -0.2) is 0 Å². The van der Waals surface area contributed by atoms with Crippen LogP contribution < -0.4 is 0 Å². The van der Waals surface area contributed by atoms with Crippen LogP contribution in [0.4, 0.5) is 0 Å². The van der Waals surface area contributed by atoms with E-state index in [1.54, 1.807) is 0 Å². The van der Waals surface area contributed by atoms with E-state index in [2.05, 4.69) is 11.9 Å². The summed E-state index contributed by atoms with van der Waals surface area (Å²) in [7, 11) is 2.15. The van der Waals surface area contributed by atoms with Crippen LogP contribution in [0.3, 0.4) is 0 Å². The second kappa shape index (κ2) is 6.43. The van der Waals surface area contributed by atoms with E-state index < -0.39 is 0 Å². The Morgan fingerprint density at radius 1 is 1.19 bits per heavy atom. The molecule has 1 aliphatic carbocycles. The summed E-state index contributed by atoms with van der Waals surface area (Å²) in [5.74, 6) is -0.287. The fourth-order valence-electron chi connectivity index (χ4n) is 3.34. The van der Waals surface area contributed by atoms with Crippen molar-refractivity contribution in [2.24, 2.45) is 0 Å². The first kappa shape index (κ1) is 15.6. The van der Waals surface area contributed by atoms with Gasteiger partial charge in [0.1, 0.15) is 0 Å². The number of ether oxygens (including phenoxy) is 2. The third-order valence-corrected chi connectivity index (χ3v) is 5.46. The van der Waals surface area contributed by atoms with Gasteiger partial charge in [-0.3, -0.25) is 4.90 Å². The first-order valence-corrected chi connectivity index (χ1v) is 8.26. The average molecular weight is 330 g/mol. The lowest BCUT2D eigenvalue weighted by Gasteiger charge is -2.39. The van der Waals surface area contributed by atoms with Gasteiger partial charge in [-0.05, 0) is 31.5 Å². The molecule has 1 saturated heterocycles. The van der Waals surface area contributed by atoms with Crippen molar-refractivity contribution < 1.29 is 9.47 Å². The van der Waals surface area contributed by atoms with Gasteiger partial charge in [-0.2, -0.15) is 0 Å². The van der Waals surface area contributed by atoms with Crippen molar-refractivity contribution >= 4 is 23.2 Å². The molecule has 1 aliphatic heterocycles. The monoisotopic (exact) mass is 329 g/mol. The summed E-state index contributed by atoms with van der Waals surface area (Å²) in [6, 6.07) is 6.36. The Kier molecular flexibility index (Phi) is 4.77. The minimum Gasteiger partial charge on any atom is -0.348 e. The highest BCUT2D eigenvalue weighted by molar-refractivity contribution is 6.42. The standard InChI is InChI=1S/C16H21Cl2NO2/c1-19(11-12-3-2-4-14(17)15(12)18)13-5-7-16(8-6-13)20-9-10-21-16/h2-4,13H,5-11H2,1H3. The maximum Gasteiger partial charge on any atom is 0.168 e. The van der Waals surface area contributed by atoms with Gasteiger partial charge >= 0.3 is 0 Å². The van der Waals surface area contributed by atoms with Crippen molar-refractivity contribution in [1.82, 2.24) is 4.90 Å². The maximum absolute atomic E-state index is 6.28. The highest BCUT2D eigenvalue weighted by Crippen LogP contribution is 2.37. The second-order valence-electron chi connectivity index (χ2n) is 5.97. The number of hydrogen-bond donors (Lipinski definition) is 0. The van der Waals surface area contributed by atoms with Crippen LogP contribution >= 0.6 is 23.2 Å². The Bertz CT molecular complexity index is 493. The van der Waals surface area contributed by atoms with Gasteiger partial charge in [0, 0.05) is 25.4 Å². The van der Waals surface area contributed by atoms with Crippen LogP contribution in [0.2, 0.25) is 10.0 Å². The van der Waals surface area contributed by atoms with Crippen LogP contribution in [0.15, 0.2) is 18.2 Å². The molecule has 21 heavy (non-hydrogen) atoms. The molecule has 116 valence electrons. The lowest BCUT2D eigenvalue weighted by molar-refractivity contribution is -0.183. The van der Waals surface area contributed by atoms with Crippen molar-refractivity contribution in [2.45, 2.75) is 44.1 Å². The Hall–Kier alpha value is -0.320. The fraction of sp³-hybridized carbons (Fsp3) is 0.625. The zero-order valence-electron chi connectivity index (χ0n) is 12.3. The summed E-state index contributed by atoms with van der Waals surface area (Å²) in [4.78, 5) is 2.36. The largest absolute Gasteiger partial charge is 0.348 e. The minimum atomic E-state index is -0.287. The van der Waals surface area contributed by atoms with Crippen LogP contribution in [-0.4, -0.2) is 37.0 Å². The maximum atomic E-state index is 6.28. The third-order valence-electron chi connectivity index (χ3n) is 4.61. The van der Waals surface area contributed by atoms with E-state index in [1.165, 1.54) is 0 Å². The van der Waals surface area contributed by atoms with Gasteiger partial charge in [0.25, 0.3) is 0 Å². The van der Waals surface area contributed by atoms with Crippen molar-refractivity contribution in [3.05, 3.63) is 33.8 Å². The zero-order chi connectivity index (χ0) is 14.9. The molecule has 1 aromatic carbocycles.